The molecule has 3 amide bonds. The zero-order valence-corrected chi connectivity index (χ0v) is 23.9. The van der Waals surface area contributed by atoms with Crippen LogP contribution in [-0.4, -0.2) is 60.1 Å². The van der Waals surface area contributed by atoms with Gasteiger partial charge in [-0.3, -0.25) is 19.2 Å². The SMILES string of the molecule is CCC(C)[C@H](NC(C)=O)C(=O)NC(C[C@H](O)C(Cc1ccccc1)NC(=O)CCC(=O)OC)C1CCCCC1. The lowest BCUT2D eigenvalue weighted by Gasteiger charge is -2.36. The van der Waals surface area contributed by atoms with Crippen LogP contribution in [0.5, 0.6) is 0 Å². The van der Waals surface area contributed by atoms with Crippen LogP contribution >= 0.6 is 0 Å². The summed E-state index contributed by atoms with van der Waals surface area (Å²) in [6.45, 7) is 5.32. The van der Waals surface area contributed by atoms with Gasteiger partial charge in [0.15, 0.2) is 0 Å². The second-order valence-corrected chi connectivity index (χ2v) is 10.8. The van der Waals surface area contributed by atoms with Gasteiger partial charge in [-0.2, -0.15) is 0 Å². The van der Waals surface area contributed by atoms with Gasteiger partial charge in [0.1, 0.15) is 6.04 Å². The monoisotopic (exact) mass is 545 g/mol. The smallest absolute Gasteiger partial charge is 0.306 e. The minimum absolute atomic E-state index is 0.0409. The molecule has 1 aliphatic rings. The summed E-state index contributed by atoms with van der Waals surface area (Å²) in [7, 11) is 1.28. The summed E-state index contributed by atoms with van der Waals surface area (Å²) in [5, 5.41) is 20.3. The molecule has 4 N–H and O–H groups in total. The van der Waals surface area contributed by atoms with Gasteiger partial charge in [-0.25, -0.2) is 0 Å². The van der Waals surface area contributed by atoms with E-state index in [2.05, 4.69) is 20.7 Å². The summed E-state index contributed by atoms with van der Waals surface area (Å²) in [4.78, 5) is 49.5. The van der Waals surface area contributed by atoms with Crippen LogP contribution in [0.3, 0.4) is 0 Å². The Balaban J connectivity index is 2.22. The molecule has 0 bridgehead atoms. The number of ether oxygens (including phenoxy) is 1. The van der Waals surface area contributed by atoms with Crippen molar-refractivity contribution in [3.05, 3.63) is 35.9 Å². The number of methoxy groups -OCH3 is 1. The molecule has 0 aliphatic heterocycles. The molecular weight excluding hydrogens is 498 g/mol. The molecule has 3 unspecified atom stereocenters. The molecule has 0 radical (unpaired) electrons. The first-order chi connectivity index (χ1) is 18.6. The van der Waals surface area contributed by atoms with Gasteiger partial charge in [-0.15, -0.1) is 0 Å². The number of nitrogens with one attached hydrogen (secondary N) is 3. The molecule has 39 heavy (non-hydrogen) atoms. The highest BCUT2D eigenvalue weighted by Crippen LogP contribution is 2.29. The average molecular weight is 546 g/mol. The maximum Gasteiger partial charge on any atom is 0.306 e. The van der Waals surface area contributed by atoms with E-state index in [9.17, 15) is 24.3 Å². The normalized spacial score (nSPS) is 17.7. The van der Waals surface area contributed by atoms with Gasteiger partial charge in [0.25, 0.3) is 0 Å². The number of aliphatic hydroxyl groups is 1. The number of hydrogen-bond donors (Lipinski definition) is 4. The minimum Gasteiger partial charge on any atom is -0.469 e. The Kier molecular flexibility index (Phi) is 14.0. The highest BCUT2D eigenvalue weighted by Gasteiger charge is 2.34. The molecule has 1 fully saturated rings. The van der Waals surface area contributed by atoms with E-state index < -0.39 is 24.2 Å². The fraction of sp³-hybridized carbons (Fsp3) is 0.667. The van der Waals surface area contributed by atoms with Crippen LogP contribution < -0.4 is 16.0 Å². The van der Waals surface area contributed by atoms with Gasteiger partial charge in [0.2, 0.25) is 17.7 Å². The number of carbonyl (C=O) groups is 4. The van der Waals surface area contributed by atoms with Gasteiger partial charge < -0.3 is 25.8 Å². The van der Waals surface area contributed by atoms with Crippen molar-refractivity contribution >= 4 is 23.7 Å². The van der Waals surface area contributed by atoms with Crippen molar-refractivity contribution in [1.82, 2.24) is 16.0 Å². The lowest BCUT2D eigenvalue weighted by atomic mass is 9.80. The van der Waals surface area contributed by atoms with Gasteiger partial charge in [0.05, 0.1) is 25.7 Å². The van der Waals surface area contributed by atoms with E-state index in [1.54, 1.807) is 0 Å². The van der Waals surface area contributed by atoms with Crippen molar-refractivity contribution in [1.29, 1.82) is 0 Å². The van der Waals surface area contributed by atoms with Crippen molar-refractivity contribution in [3.63, 3.8) is 0 Å². The van der Waals surface area contributed by atoms with Crippen molar-refractivity contribution in [2.24, 2.45) is 11.8 Å². The van der Waals surface area contributed by atoms with E-state index in [0.717, 1.165) is 44.1 Å². The van der Waals surface area contributed by atoms with Gasteiger partial charge in [-0.1, -0.05) is 69.9 Å². The molecule has 1 saturated carbocycles. The largest absolute Gasteiger partial charge is 0.469 e. The molecule has 5 atom stereocenters. The summed E-state index contributed by atoms with van der Waals surface area (Å²) in [6, 6.07) is 8.00. The number of benzene rings is 1. The molecule has 0 spiro atoms. The molecule has 2 rings (SSSR count). The van der Waals surface area contributed by atoms with Crippen molar-refractivity contribution in [3.8, 4) is 0 Å². The third-order valence-corrected chi connectivity index (χ3v) is 7.79. The summed E-state index contributed by atoms with van der Waals surface area (Å²) in [5.41, 5.74) is 0.954. The van der Waals surface area contributed by atoms with E-state index in [1.165, 1.54) is 14.0 Å². The Labute approximate surface area is 232 Å². The Morgan fingerprint density at radius 1 is 1.00 bits per heavy atom. The van der Waals surface area contributed by atoms with Gasteiger partial charge >= 0.3 is 5.97 Å². The zero-order valence-electron chi connectivity index (χ0n) is 23.9. The summed E-state index contributed by atoms with van der Waals surface area (Å²) >= 11 is 0. The Morgan fingerprint density at radius 3 is 2.26 bits per heavy atom. The molecule has 9 heteroatoms. The highest BCUT2D eigenvalue weighted by atomic mass is 16.5. The number of hydrogen-bond acceptors (Lipinski definition) is 6. The van der Waals surface area contributed by atoms with Crippen LogP contribution in [-0.2, 0) is 30.3 Å². The number of aliphatic hydroxyl groups excluding tert-OH is 1. The summed E-state index contributed by atoms with van der Waals surface area (Å²) < 4.78 is 4.64. The van der Waals surface area contributed by atoms with Crippen molar-refractivity contribution in [2.45, 2.75) is 109 Å². The Hall–Kier alpha value is -2.94. The number of esters is 1. The lowest BCUT2D eigenvalue weighted by Crippen LogP contribution is -2.55. The van der Waals surface area contributed by atoms with Crippen LogP contribution in [0, 0.1) is 11.8 Å². The predicted molar refractivity (Wildman–Crippen MR) is 150 cm³/mol. The third kappa shape index (κ3) is 11.4. The van der Waals surface area contributed by atoms with E-state index in [-0.39, 0.29) is 54.9 Å². The van der Waals surface area contributed by atoms with E-state index in [0.29, 0.717) is 6.42 Å². The molecule has 9 nitrogen and oxygen atoms in total. The fourth-order valence-electron chi connectivity index (χ4n) is 5.27. The zero-order chi connectivity index (χ0) is 28.8. The van der Waals surface area contributed by atoms with Crippen molar-refractivity contribution < 1.29 is 29.0 Å². The molecule has 218 valence electrons. The molecule has 0 saturated heterocycles. The number of rotatable bonds is 15. The first-order valence-corrected chi connectivity index (χ1v) is 14.3. The Bertz CT molecular complexity index is 919. The third-order valence-electron chi connectivity index (χ3n) is 7.79. The predicted octanol–water partition coefficient (Wildman–Crippen LogP) is 3.03. The molecule has 1 aromatic carbocycles. The maximum atomic E-state index is 13.4. The topological polar surface area (TPSA) is 134 Å². The maximum absolute atomic E-state index is 13.4. The van der Waals surface area contributed by atoms with Crippen LogP contribution in [0.2, 0.25) is 0 Å². The van der Waals surface area contributed by atoms with Gasteiger partial charge in [0, 0.05) is 19.4 Å². The number of carbonyl (C=O) groups excluding carboxylic acids is 4. The van der Waals surface area contributed by atoms with Crippen LogP contribution in [0.1, 0.15) is 84.1 Å². The van der Waals surface area contributed by atoms with Gasteiger partial charge in [-0.05, 0) is 43.1 Å². The van der Waals surface area contributed by atoms with Crippen LogP contribution in [0.15, 0.2) is 30.3 Å². The molecular formula is C30H47N3O6. The molecule has 0 heterocycles. The minimum atomic E-state index is -0.942. The fourth-order valence-corrected chi connectivity index (χ4v) is 5.27. The quantitative estimate of drug-likeness (QED) is 0.250. The van der Waals surface area contributed by atoms with Crippen molar-refractivity contribution in [2.75, 3.05) is 7.11 Å². The second-order valence-electron chi connectivity index (χ2n) is 10.8. The first kappa shape index (κ1) is 32.3. The first-order valence-electron chi connectivity index (χ1n) is 14.3. The molecule has 1 aliphatic carbocycles. The highest BCUT2D eigenvalue weighted by molar-refractivity contribution is 5.87. The second kappa shape index (κ2) is 16.9. The van der Waals surface area contributed by atoms with Crippen LogP contribution in [0.25, 0.3) is 0 Å². The van der Waals surface area contributed by atoms with E-state index >= 15 is 0 Å². The summed E-state index contributed by atoms with van der Waals surface area (Å²) in [6.07, 6.45) is 5.52. The van der Waals surface area contributed by atoms with E-state index in [4.69, 9.17) is 0 Å². The van der Waals surface area contributed by atoms with Crippen LogP contribution in [0.4, 0.5) is 0 Å². The molecule has 0 aromatic heterocycles. The summed E-state index contributed by atoms with van der Waals surface area (Å²) in [5.74, 6) is -1.18. The average Bonchev–Trinajstić information content (AvgIpc) is 2.94. The Morgan fingerprint density at radius 2 is 1.67 bits per heavy atom. The standard InChI is InChI=1S/C30H47N3O6/c1-5-20(2)29(31-21(3)34)30(38)33-24(23-14-10-7-11-15-23)19-26(35)25(18-22-12-8-6-9-13-22)32-27(36)16-17-28(37)39-4/h6,8-9,12-13,20,23-26,29,35H,5,7,10-11,14-19H2,1-4H3,(H,31,34)(H,32,36)(H,33,38)/t20?,24?,25?,26-,29-/m0/s1. The molecule has 1 aromatic rings. The number of amides is 3. The lowest BCUT2D eigenvalue weighted by molar-refractivity contribution is -0.142. The van der Waals surface area contributed by atoms with E-state index in [1.807, 2.05) is 44.2 Å².